The Bertz CT molecular complexity index is 584. The first-order valence-electron chi connectivity index (χ1n) is 6.30. The molecule has 20 heavy (non-hydrogen) atoms. The molecular formula is C15H16BrN3O. The smallest absolute Gasteiger partial charge is 0.251 e. The van der Waals surface area contributed by atoms with E-state index in [0.29, 0.717) is 5.56 Å². The molecule has 2 aromatic rings. The van der Waals surface area contributed by atoms with Crippen molar-refractivity contribution < 1.29 is 4.79 Å². The molecule has 104 valence electrons. The summed E-state index contributed by atoms with van der Waals surface area (Å²) in [7, 11) is 1.63. The third-order valence-electron chi connectivity index (χ3n) is 2.86. The summed E-state index contributed by atoms with van der Waals surface area (Å²) in [6.07, 6.45) is 3.60. The molecule has 1 amide bonds. The van der Waals surface area contributed by atoms with E-state index in [4.69, 9.17) is 0 Å². The van der Waals surface area contributed by atoms with E-state index in [1.807, 2.05) is 36.5 Å². The molecule has 0 aliphatic heterocycles. The average molecular weight is 334 g/mol. The van der Waals surface area contributed by atoms with Gasteiger partial charge < -0.3 is 10.6 Å². The summed E-state index contributed by atoms with van der Waals surface area (Å²) >= 11 is 3.40. The lowest BCUT2D eigenvalue weighted by Gasteiger charge is -2.06. The van der Waals surface area contributed by atoms with Gasteiger partial charge in [0.25, 0.3) is 5.91 Å². The van der Waals surface area contributed by atoms with Gasteiger partial charge in [-0.1, -0.05) is 12.1 Å². The number of pyridine rings is 1. The summed E-state index contributed by atoms with van der Waals surface area (Å²) in [6, 6.07) is 9.61. The van der Waals surface area contributed by atoms with Crippen molar-refractivity contribution >= 4 is 21.8 Å². The fraction of sp³-hybridized carbons (Fsp3) is 0.200. The number of hydrogen-bond acceptors (Lipinski definition) is 3. The molecule has 1 heterocycles. The van der Waals surface area contributed by atoms with Crippen LogP contribution in [0.5, 0.6) is 0 Å². The standard InChI is InChI=1S/C15H16BrN3O/c1-17-15(20)13-4-2-11(3-5-13)7-18-8-12-6-14(16)10-19-9-12/h2-6,9-10,18H,7-8H2,1H3,(H,17,20). The van der Waals surface area contributed by atoms with E-state index in [1.54, 1.807) is 13.2 Å². The second-order valence-electron chi connectivity index (χ2n) is 4.39. The lowest BCUT2D eigenvalue weighted by Crippen LogP contribution is -2.18. The van der Waals surface area contributed by atoms with Crippen molar-refractivity contribution in [1.29, 1.82) is 0 Å². The van der Waals surface area contributed by atoms with Gasteiger partial charge in [0.15, 0.2) is 0 Å². The van der Waals surface area contributed by atoms with Crippen molar-refractivity contribution in [3.63, 3.8) is 0 Å². The third-order valence-corrected chi connectivity index (χ3v) is 3.30. The minimum atomic E-state index is -0.0651. The molecule has 0 atom stereocenters. The van der Waals surface area contributed by atoms with Crippen LogP contribution in [0.25, 0.3) is 0 Å². The highest BCUT2D eigenvalue weighted by atomic mass is 79.9. The Kier molecular flexibility index (Phi) is 5.26. The van der Waals surface area contributed by atoms with Crippen LogP contribution in [0.1, 0.15) is 21.5 Å². The van der Waals surface area contributed by atoms with Gasteiger partial charge in [0.05, 0.1) is 0 Å². The molecule has 0 unspecified atom stereocenters. The van der Waals surface area contributed by atoms with Crippen LogP contribution in [0.3, 0.4) is 0 Å². The van der Waals surface area contributed by atoms with Crippen LogP contribution in [-0.4, -0.2) is 17.9 Å². The van der Waals surface area contributed by atoms with Gasteiger partial charge in [-0.3, -0.25) is 9.78 Å². The van der Waals surface area contributed by atoms with E-state index in [0.717, 1.165) is 28.7 Å². The zero-order chi connectivity index (χ0) is 14.4. The van der Waals surface area contributed by atoms with Gasteiger partial charge in [0, 0.05) is 42.6 Å². The minimum Gasteiger partial charge on any atom is -0.355 e. The molecule has 0 saturated carbocycles. The Morgan fingerprint density at radius 1 is 1.15 bits per heavy atom. The average Bonchev–Trinajstić information content (AvgIpc) is 2.47. The Hall–Kier alpha value is -1.72. The Morgan fingerprint density at radius 2 is 1.85 bits per heavy atom. The first-order valence-corrected chi connectivity index (χ1v) is 7.09. The SMILES string of the molecule is CNC(=O)c1ccc(CNCc2cncc(Br)c2)cc1. The third kappa shape index (κ3) is 4.15. The van der Waals surface area contributed by atoms with Crippen LogP contribution in [0.15, 0.2) is 47.2 Å². The molecule has 0 radical (unpaired) electrons. The van der Waals surface area contributed by atoms with E-state index < -0.39 is 0 Å². The summed E-state index contributed by atoms with van der Waals surface area (Å²) in [5.74, 6) is -0.0651. The number of nitrogens with zero attached hydrogens (tertiary/aromatic N) is 1. The number of carbonyl (C=O) groups is 1. The zero-order valence-electron chi connectivity index (χ0n) is 11.2. The molecule has 0 spiro atoms. The molecule has 1 aromatic heterocycles. The first-order chi connectivity index (χ1) is 9.69. The highest BCUT2D eigenvalue weighted by Gasteiger charge is 2.02. The number of amides is 1. The number of nitrogens with one attached hydrogen (secondary N) is 2. The van der Waals surface area contributed by atoms with Crippen molar-refractivity contribution in [2.75, 3.05) is 7.05 Å². The summed E-state index contributed by atoms with van der Waals surface area (Å²) in [6.45, 7) is 1.50. The van der Waals surface area contributed by atoms with E-state index in [2.05, 4.69) is 31.5 Å². The van der Waals surface area contributed by atoms with E-state index in [1.165, 1.54) is 0 Å². The molecule has 0 bridgehead atoms. The maximum absolute atomic E-state index is 11.4. The van der Waals surface area contributed by atoms with Gasteiger partial charge in [-0.15, -0.1) is 0 Å². The van der Waals surface area contributed by atoms with E-state index in [-0.39, 0.29) is 5.91 Å². The highest BCUT2D eigenvalue weighted by Crippen LogP contribution is 2.09. The van der Waals surface area contributed by atoms with Gasteiger partial charge in [0.1, 0.15) is 0 Å². The van der Waals surface area contributed by atoms with Crippen LogP contribution in [0.4, 0.5) is 0 Å². The fourth-order valence-electron chi connectivity index (χ4n) is 1.82. The number of carbonyl (C=O) groups excluding carboxylic acids is 1. The highest BCUT2D eigenvalue weighted by molar-refractivity contribution is 9.10. The monoisotopic (exact) mass is 333 g/mol. The number of hydrogen-bond donors (Lipinski definition) is 2. The summed E-state index contributed by atoms with van der Waals surface area (Å²) in [4.78, 5) is 15.5. The fourth-order valence-corrected chi connectivity index (χ4v) is 2.23. The Balaban J connectivity index is 1.86. The maximum Gasteiger partial charge on any atom is 0.251 e. The van der Waals surface area contributed by atoms with Crippen molar-refractivity contribution in [2.24, 2.45) is 0 Å². The van der Waals surface area contributed by atoms with Crippen LogP contribution >= 0.6 is 15.9 Å². The van der Waals surface area contributed by atoms with E-state index in [9.17, 15) is 4.79 Å². The molecular weight excluding hydrogens is 318 g/mol. The molecule has 0 aliphatic rings. The molecule has 5 heteroatoms. The Labute approximate surface area is 126 Å². The van der Waals surface area contributed by atoms with Gasteiger partial charge in [0.2, 0.25) is 0 Å². The molecule has 2 N–H and O–H groups in total. The zero-order valence-corrected chi connectivity index (χ0v) is 12.8. The van der Waals surface area contributed by atoms with Crippen molar-refractivity contribution in [3.05, 3.63) is 63.9 Å². The lowest BCUT2D eigenvalue weighted by molar-refractivity contribution is 0.0963. The minimum absolute atomic E-state index is 0.0651. The maximum atomic E-state index is 11.4. The number of rotatable bonds is 5. The molecule has 0 aliphatic carbocycles. The Morgan fingerprint density at radius 3 is 2.50 bits per heavy atom. The van der Waals surface area contributed by atoms with Gasteiger partial charge in [-0.25, -0.2) is 0 Å². The predicted molar refractivity (Wildman–Crippen MR) is 82.3 cm³/mol. The van der Waals surface area contributed by atoms with Gasteiger partial charge >= 0.3 is 0 Å². The van der Waals surface area contributed by atoms with Crippen LogP contribution < -0.4 is 10.6 Å². The second-order valence-corrected chi connectivity index (χ2v) is 5.31. The van der Waals surface area contributed by atoms with Crippen LogP contribution in [-0.2, 0) is 13.1 Å². The van der Waals surface area contributed by atoms with Crippen molar-refractivity contribution in [2.45, 2.75) is 13.1 Å². The molecule has 0 fully saturated rings. The first kappa shape index (κ1) is 14.7. The number of aromatic nitrogens is 1. The van der Waals surface area contributed by atoms with E-state index >= 15 is 0 Å². The molecule has 4 nitrogen and oxygen atoms in total. The quantitative estimate of drug-likeness (QED) is 0.883. The topological polar surface area (TPSA) is 54.0 Å². The predicted octanol–water partition coefficient (Wildman–Crippen LogP) is 2.49. The largest absolute Gasteiger partial charge is 0.355 e. The lowest BCUT2D eigenvalue weighted by atomic mass is 10.1. The number of halogens is 1. The molecule has 0 saturated heterocycles. The van der Waals surface area contributed by atoms with Crippen LogP contribution in [0.2, 0.25) is 0 Å². The second kappa shape index (κ2) is 7.17. The summed E-state index contributed by atoms with van der Waals surface area (Å²) < 4.78 is 0.978. The molecule has 2 rings (SSSR count). The normalized spacial score (nSPS) is 10.3. The van der Waals surface area contributed by atoms with Crippen molar-refractivity contribution in [1.82, 2.24) is 15.6 Å². The van der Waals surface area contributed by atoms with Gasteiger partial charge in [-0.2, -0.15) is 0 Å². The summed E-state index contributed by atoms with van der Waals surface area (Å²) in [5, 5.41) is 5.95. The van der Waals surface area contributed by atoms with Gasteiger partial charge in [-0.05, 0) is 45.3 Å². The van der Waals surface area contributed by atoms with Crippen LogP contribution in [0, 0.1) is 0 Å². The summed E-state index contributed by atoms with van der Waals surface area (Å²) in [5.41, 5.74) is 2.94. The number of benzene rings is 1. The molecule has 1 aromatic carbocycles. The van der Waals surface area contributed by atoms with Crippen molar-refractivity contribution in [3.8, 4) is 0 Å².